The minimum Gasteiger partial charge on any atom is -0.368 e. The number of likely N-dealkylation sites (N-methyl/N-ethyl adjacent to an activating group) is 1. The van der Waals surface area contributed by atoms with Crippen LogP contribution in [0, 0.1) is 5.82 Å². The summed E-state index contributed by atoms with van der Waals surface area (Å²) in [5.41, 5.74) is 2.08. The van der Waals surface area contributed by atoms with Gasteiger partial charge < -0.3 is 10.1 Å². The van der Waals surface area contributed by atoms with E-state index in [1.165, 1.54) is 12.1 Å². The van der Waals surface area contributed by atoms with Crippen molar-refractivity contribution in [2.75, 3.05) is 13.1 Å². The van der Waals surface area contributed by atoms with Crippen molar-refractivity contribution >= 4 is 15.9 Å². The second-order valence-corrected chi connectivity index (χ2v) is 5.70. The Balaban J connectivity index is 2.04. The molecule has 0 aliphatic carbocycles. The lowest BCUT2D eigenvalue weighted by Gasteiger charge is -2.19. The van der Waals surface area contributed by atoms with E-state index < -0.39 is 0 Å². The van der Waals surface area contributed by atoms with E-state index in [4.69, 9.17) is 4.74 Å². The van der Waals surface area contributed by atoms with Crippen molar-refractivity contribution in [1.29, 1.82) is 0 Å². The predicted octanol–water partition coefficient (Wildman–Crippen LogP) is 4.46. The Bertz CT molecular complexity index is 559. The highest BCUT2D eigenvalue weighted by atomic mass is 79.9. The Hall–Kier alpha value is -1.23. The molecule has 4 heteroatoms. The maximum atomic E-state index is 13.0. The molecule has 2 aromatic carbocycles. The summed E-state index contributed by atoms with van der Waals surface area (Å²) in [6, 6.07) is 14.5. The highest BCUT2D eigenvalue weighted by molar-refractivity contribution is 9.10. The number of benzene rings is 2. The first-order valence-corrected chi connectivity index (χ1v) is 7.80. The molecule has 0 aromatic heterocycles. The zero-order valence-electron chi connectivity index (χ0n) is 12.0. The van der Waals surface area contributed by atoms with Crippen LogP contribution in [0.1, 0.15) is 24.2 Å². The third-order valence-electron chi connectivity index (χ3n) is 3.16. The van der Waals surface area contributed by atoms with Gasteiger partial charge in [0, 0.05) is 11.0 Å². The molecule has 0 amide bonds. The lowest BCUT2D eigenvalue weighted by atomic mass is 10.1. The highest BCUT2D eigenvalue weighted by Gasteiger charge is 2.12. The Morgan fingerprint density at radius 2 is 1.95 bits per heavy atom. The Morgan fingerprint density at radius 3 is 2.62 bits per heavy atom. The molecule has 2 nitrogen and oxygen atoms in total. The first kappa shape index (κ1) is 16.1. The van der Waals surface area contributed by atoms with Gasteiger partial charge in [0.15, 0.2) is 0 Å². The van der Waals surface area contributed by atoms with E-state index in [1.54, 1.807) is 12.1 Å². The molecule has 1 unspecified atom stereocenters. The molecule has 112 valence electrons. The van der Waals surface area contributed by atoms with Crippen LogP contribution in [-0.2, 0) is 11.3 Å². The number of ether oxygens (including phenoxy) is 1. The Labute approximate surface area is 133 Å². The third-order valence-corrected chi connectivity index (χ3v) is 3.65. The van der Waals surface area contributed by atoms with Crippen LogP contribution in [0.4, 0.5) is 4.39 Å². The molecular weight excluding hydrogens is 333 g/mol. The van der Waals surface area contributed by atoms with E-state index in [-0.39, 0.29) is 11.9 Å². The van der Waals surface area contributed by atoms with E-state index in [0.717, 1.165) is 22.1 Å². The second-order valence-electron chi connectivity index (χ2n) is 4.79. The molecule has 0 spiro atoms. The molecule has 0 heterocycles. The average Bonchev–Trinajstić information content (AvgIpc) is 2.49. The van der Waals surface area contributed by atoms with Gasteiger partial charge in [0.2, 0.25) is 0 Å². The zero-order valence-corrected chi connectivity index (χ0v) is 13.6. The van der Waals surface area contributed by atoms with Crippen LogP contribution >= 0.6 is 15.9 Å². The molecule has 0 saturated carbocycles. The number of halogens is 2. The summed E-state index contributed by atoms with van der Waals surface area (Å²) in [4.78, 5) is 0. The molecule has 0 saturated heterocycles. The average molecular weight is 352 g/mol. The molecular formula is C17H19BrFNO. The third kappa shape index (κ3) is 5.23. The van der Waals surface area contributed by atoms with E-state index in [1.807, 2.05) is 24.3 Å². The first-order chi connectivity index (χ1) is 10.2. The van der Waals surface area contributed by atoms with Crippen molar-refractivity contribution < 1.29 is 9.13 Å². The quantitative estimate of drug-likeness (QED) is 0.795. The molecule has 2 rings (SSSR count). The van der Waals surface area contributed by atoms with Gasteiger partial charge in [-0.2, -0.15) is 0 Å². The number of hydrogen-bond acceptors (Lipinski definition) is 2. The summed E-state index contributed by atoms with van der Waals surface area (Å²) in [6.45, 7) is 4.15. The van der Waals surface area contributed by atoms with Crippen molar-refractivity contribution in [2.45, 2.75) is 19.6 Å². The molecule has 0 aliphatic heterocycles. The summed E-state index contributed by atoms with van der Waals surface area (Å²) in [6.07, 6.45) is -0.0930. The van der Waals surface area contributed by atoms with Crippen molar-refractivity contribution in [3.8, 4) is 0 Å². The Morgan fingerprint density at radius 1 is 1.19 bits per heavy atom. The highest BCUT2D eigenvalue weighted by Crippen LogP contribution is 2.20. The van der Waals surface area contributed by atoms with Crippen LogP contribution in [0.3, 0.4) is 0 Å². The lowest BCUT2D eigenvalue weighted by molar-refractivity contribution is 0.0401. The molecule has 0 aliphatic rings. The van der Waals surface area contributed by atoms with Gasteiger partial charge in [-0.05, 0) is 41.9 Å². The molecule has 0 radical (unpaired) electrons. The van der Waals surface area contributed by atoms with Gasteiger partial charge in [-0.15, -0.1) is 0 Å². The molecule has 1 N–H and O–H groups in total. The summed E-state index contributed by atoms with van der Waals surface area (Å²) >= 11 is 3.45. The topological polar surface area (TPSA) is 21.3 Å². The van der Waals surface area contributed by atoms with Gasteiger partial charge in [0.05, 0.1) is 12.7 Å². The first-order valence-electron chi connectivity index (χ1n) is 7.01. The molecule has 1 atom stereocenters. The fraction of sp³-hybridized carbons (Fsp3) is 0.294. The van der Waals surface area contributed by atoms with Gasteiger partial charge in [-0.25, -0.2) is 4.39 Å². The van der Waals surface area contributed by atoms with Gasteiger partial charge in [0.1, 0.15) is 5.82 Å². The normalized spacial score (nSPS) is 12.3. The fourth-order valence-electron chi connectivity index (χ4n) is 2.05. The van der Waals surface area contributed by atoms with E-state index in [9.17, 15) is 4.39 Å². The van der Waals surface area contributed by atoms with Crippen LogP contribution in [0.25, 0.3) is 0 Å². The molecule has 0 fully saturated rings. The number of rotatable bonds is 7. The minimum absolute atomic E-state index is 0.0930. The monoisotopic (exact) mass is 351 g/mol. The van der Waals surface area contributed by atoms with Crippen LogP contribution < -0.4 is 5.32 Å². The van der Waals surface area contributed by atoms with Crippen molar-refractivity contribution in [1.82, 2.24) is 5.32 Å². The van der Waals surface area contributed by atoms with Crippen LogP contribution in [0.5, 0.6) is 0 Å². The number of nitrogens with one attached hydrogen (secondary N) is 1. The standard InChI is InChI=1S/C17H19BrFNO/c1-2-20-11-17(14-6-8-16(19)9-7-14)21-12-13-4-3-5-15(18)10-13/h3-10,17,20H,2,11-12H2,1H3. The summed E-state index contributed by atoms with van der Waals surface area (Å²) < 4.78 is 20.1. The van der Waals surface area contributed by atoms with Gasteiger partial charge in [-0.3, -0.25) is 0 Å². The van der Waals surface area contributed by atoms with Crippen molar-refractivity contribution in [3.63, 3.8) is 0 Å². The molecule has 0 bridgehead atoms. The van der Waals surface area contributed by atoms with Crippen LogP contribution in [-0.4, -0.2) is 13.1 Å². The molecule has 2 aromatic rings. The fourth-order valence-corrected chi connectivity index (χ4v) is 2.50. The summed E-state index contributed by atoms with van der Waals surface area (Å²) in [7, 11) is 0. The maximum Gasteiger partial charge on any atom is 0.123 e. The number of hydrogen-bond donors (Lipinski definition) is 1. The van der Waals surface area contributed by atoms with Crippen LogP contribution in [0.15, 0.2) is 53.0 Å². The largest absolute Gasteiger partial charge is 0.368 e. The SMILES string of the molecule is CCNCC(OCc1cccc(Br)c1)c1ccc(F)cc1. The lowest BCUT2D eigenvalue weighted by Crippen LogP contribution is -2.23. The van der Waals surface area contributed by atoms with E-state index >= 15 is 0 Å². The maximum absolute atomic E-state index is 13.0. The van der Waals surface area contributed by atoms with Gasteiger partial charge >= 0.3 is 0 Å². The summed E-state index contributed by atoms with van der Waals surface area (Å²) in [5.74, 6) is -0.229. The van der Waals surface area contributed by atoms with Gasteiger partial charge in [0.25, 0.3) is 0 Å². The smallest absolute Gasteiger partial charge is 0.123 e. The van der Waals surface area contributed by atoms with Gasteiger partial charge in [-0.1, -0.05) is 47.1 Å². The van der Waals surface area contributed by atoms with Crippen molar-refractivity contribution in [2.24, 2.45) is 0 Å². The van der Waals surface area contributed by atoms with E-state index in [2.05, 4.69) is 28.2 Å². The molecule has 21 heavy (non-hydrogen) atoms. The second kappa shape index (κ2) is 8.27. The summed E-state index contributed by atoms with van der Waals surface area (Å²) in [5, 5.41) is 3.28. The van der Waals surface area contributed by atoms with Crippen LogP contribution in [0.2, 0.25) is 0 Å². The van der Waals surface area contributed by atoms with Crippen molar-refractivity contribution in [3.05, 3.63) is 69.9 Å². The predicted molar refractivity (Wildman–Crippen MR) is 86.6 cm³/mol. The zero-order chi connectivity index (χ0) is 15.1. The minimum atomic E-state index is -0.229. The Kier molecular flexibility index (Phi) is 6.36. The van der Waals surface area contributed by atoms with E-state index in [0.29, 0.717) is 13.2 Å².